The Labute approximate surface area is 212 Å². The lowest BCUT2D eigenvalue weighted by molar-refractivity contribution is -0.128. The summed E-state index contributed by atoms with van der Waals surface area (Å²) in [5.74, 6) is -0.249. The summed E-state index contributed by atoms with van der Waals surface area (Å²) in [7, 11) is 0. The first-order chi connectivity index (χ1) is 16.2. The fourth-order valence-electron chi connectivity index (χ4n) is 4.62. The molecule has 3 atom stereocenters. The number of aryl methyl sites for hydroxylation is 1. The minimum Gasteiger partial charge on any atom is -0.391 e. The lowest BCUT2D eigenvalue weighted by atomic mass is 9.86. The fraction of sp³-hybridized carbons (Fsp3) is 0.714. The smallest absolute Gasteiger partial charge is 0.241 e. The number of hydrogen-bond donors (Lipinski definition) is 3. The number of aliphatic hydroxyl groups excluding tert-OH is 1. The van der Waals surface area contributed by atoms with Gasteiger partial charge < -0.3 is 21.1 Å². The number of aliphatic hydroxyl groups is 1. The van der Waals surface area contributed by atoms with Gasteiger partial charge in [0.1, 0.15) is 0 Å². The highest BCUT2D eigenvalue weighted by Crippen LogP contribution is 2.30. The molecule has 1 fully saturated rings. The van der Waals surface area contributed by atoms with E-state index in [1.54, 1.807) is 0 Å². The van der Waals surface area contributed by atoms with E-state index in [9.17, 15) is 14.7 Å². The number of carbonyl (C=O) groups excluding carboxylic acids is 2. The highest BCUT2D eigenvalue weighted by molar-refractivity contribution is 5.96. The average molecular weight is 489 g/mol. The van der Waals surface area contributed by atoms with Crippen LogP contribution in [-0.4, -0.2) is 65.7 Å². The summed E-state index contributed by atoms with van der Waals surface area (Å²) >= 11 is 0. The predicted octanol–water partition coefficient (Wildman–Crippen LogP) is 3.19. The second kappa shape index (κ2) is 11.8. The molecule has 4 N–H and O–H groups in total. The van der Waals surface area contributed by atoms with Gasteiger partial charge in [-0.05, 0) is 49.7 Å². The highest BCUT2D eigenvalue weighted by atomic mass is 16.3. The Morgan fingerprint density at radius 3 is 2.43 bits per heavy atom. The Morgan fingerprint density at radius 2 is 1.86 bits per heavy atom. The lowest BCUT2D eigenvalue weighted by Gasteiger charge is -2.48. The van der Waals surface area contributed by atoms with Crippen LogP contribution in [0.2, 0.25) is 0 Å². The van der Waals surface area contributed by atoms with Crippen molar-refractivity contribution < 1.29 is 14.7 Å². The first-order valence-electron chi connectivity index (χ1n) is 13.0. The fourth-order valence-corrected chi connectivity index (χ4v) is 4.62. The van der Waals surface area contributed by atoms with Gasteiger partial charge in [-0.25, -0.2) is 0 Å². The minimum absolute atomic E-state index is 0.00981. The molecule has 7 heteroatoms. The van der Waals surface area contributed by atoms with Gasteiger partial charge in [0, 0.05) is 42.8 Å². The number of nitrogens with two attached hydrogens (primary N) is 1. The topological polar surface area (TPSA) is 98.9 Å². The van der Waals surface area contributed by atoms with Crippen LogP contribution in [0.4, 0.5) is 5.69 Å². The predicted molar refractivity (Wildman–Crippen MR) is 143 cm³/mol. The molecule has 0 aromatic heterocycles. The number of hydrogen-bond acceptors (Lipinski definition) is 5. The van der Waals surface area contributed by atoms with Crippen LogP contribution in [0.15, 0.2) is 24.3 Å². The lowest BCUT2D eigenvalue weighted by Crippen LogP contribution is -2.64. The molecular weight excluding hydrogens is 440 g/mol. The summed E-state index contributed by atoms with van der Waals surface area (Å²) in [6, 6.07) is 7.48. The number of carbonyl (C=O) groups is 2. The van der Waals surface area contributed by atoms with Gasteiger partial charge in [-0.15, -0.1) is 0 Å². The van der Waals surface area contributed by atoms with Crippen molar-refractivity contribution in [2.45, 2.75) is 85.9 Å². The Hall–Kier alpha value is -1.96. The maximum atomic E-state index is 13.1. The largest absolute Gasteiger partial charge is 0.391 e. The third kappa shape index (κ3) is 8.02. The van der Waals surface area contributed by atoms with Gasteiger partial charge in [0.05, 0.1) is 12.6 Å². The van der Waals surface area contributed by atoms with Gasteiger partial charge in [0.2, 0.25) is 11.8 Å². The van der Waals surface area contributed by atoms with Crippen LogP contribution in [-0.2, 0) is 16.0 Å². The van der Waals surface area contributed by atoms with E-state index in [4.69, 9.17) is 5.73 Å². The van der Waals surface area contributed by atoms with Crippen molar-refractivity contribution in [3.63, 3.8) is 0 Å². The SMILES string of the molecule is CCc1ccccc1N1CC(C)(C)N(C[C@H](N)[C@@H](O)C[C@H](C(=O)NCC(C)(C)C)C(C)C)CC1=O. The van der Waals surface area contributed by atoms with Gasteiger partial charge in [0.15, 0.2) is 0 Å². The maximum absolute atomic E-state index is 13.1. The number of nitrogens with zero attached hydrogens (tertiary/aromatic N) is 2. The zero-order valence-electron chi connectivity index (χ0n) is 23.1. The summed E-state index contributed by atoms with van der Waals surface area (Å²) in [5.41, 5.74) is 8.25. The maximum Gasteiger partial charge on any atom is 0.241 e. The van der Waals surface area contributed by atoms with E-state index in [0.717, 1.165) is 17.7 Å². The molecule has 0 unspecified atom stereocenters. The Balaban J connectivity index is 2.05. The molecule has 2 amide bonds. The standard InChI is InChI=1S/C28H48N4O3/c1-9-20-12-10-11-13-23(20)32-18-28(7,8)31(16-25(32)34)15-22(29)24(33)14-21(19(2)3)26(35)30-17-27(4,5)6/h10-13,19,21-22,24,33H,9,14-18,29H2,1-8H3,(H,30,35)/t21-,22-,24-/m0/s1. The van der Waals surface area contributed by atoms with E-state index in [-0.39, 0.29) is 41.1 Å². The average Bonchev–Trinajstić information content (AvgIpc) is 2.77. The quantitative estimate of drug-likeness (QED) is 0.470. The minimum atomic E-state index is -0.840. The van der Waals surface area contributed by atoms with Crippen molar-refractivity contribution in [1.82, 2.24) is 10.2 Å². The van der Waals surface area contributed by atoms with Crippen molar-refractivity contribution in [2.75, 3.05) is 31.1 Å². The molecule has 1 aromatic rings. The molecule has 198 valence electrons. The molecule has 0 saturated carbocycles. The molecule has 35 heavy (non-hydrogen) atoms. The highest BCUT2D eigenvalue weighted by Gasteiger charge is 2.40. The summed E-state index contributed by atoms with van der Waals surface area (Å²) in [6.07, 6.45) is 0.321. The second-order valence-electron chi connectivity index (χ2n) is 12.3. The molecule has 1 aliphatic heterocycles. The van der Waals surface area contributed by atoms with Crippen molar-refractivity contribution in [1.29, 1.82) is 0 Å². The molecule has 1 saturated heterocycles. The Bertz CT molecular complexity index is 862. The van der Waals surface area contributed by atoms with Crippen molar-refractivity contribution in [3.8, 4) is 0 Å². The van der Waals surface area contributed by atoms with Gasteiger partial charge in [-0.2, -0.15) is 0 Å². The zero-order valence-corrected chi connectivity index (χ0v) is 23.1. The van der Waals surface area contributed by atoms with Gasteiger partial charge in [-0.1, -0.05) is 59.7 Å². The Kier molecular flexibility index (Phi) is 9.91. The molecule has 0 bridgehead atoms. The Morgan fingerprint density at radius 1 is 1.23 bits per heavy atom. The van der Waals surface area contributed by atoms with E-state index in [1.165, 1.54) is 0 Å². The summed E-state index contributed by atoms with van der Waals surface area (Å²) in [4.78, 5) is 29.9. The van der Waals surface area contributed by atoms with Crippen LogP contribution in [0, 0.1) is 17.3 Å². The van der Waals surface area contributed by atoms with Gasteiger partial charge in [0.25, 0.3) is 0 Å². The second-order valence-corrected chi connectivity index (χ2v) is 12.3. The number of para-hydroxylation sites is 1. The molecule has 0 spiro atoms. The summed E-state index contributed by atoms with van der Waals surface area (Å²) < 4.78 is 0. The van der Waals surface area contributed by atoms with Crippen LogP contribution in [0.25, 0.3) is 0 Å². The normalized spacial score (nSPS) is 19.5. The number of piperazine rings is 1. The van der Waals surface area contributed by atoms with Crippen LogP contribution in [0.5, 0.6) is 0 Å². The molecule has 0 radical (unpaired) electrons. The van der Waals surface area contributed by atoms with Gasteiger partial charge in [-0.3, -0.25) is 14.5 Å². The van der Waals surface area contributed by atoms with Gasteiger partial charge >= 0.3 is 0 Å². The van der Waals surface area contributed by atoms with Crippen molar-refractivity contribution >= 4 is 17.5 Å². The molecule has 0 aliphatic carbocycles. The zero-order chi connectivity index (χ0) is 26.6. The first-order valence-corrected chi connectivity index (χ1v) is 13.0. The van der Waals surface area contributed by atoms with E-state index in [2.05, 4.69) is 57.8 Å². The van der Waals surface area contributed by atoms with E-state index >= 15 is 0 Å². The number of amides is 2. The van der Waals surface area contributed by atoms with Crippen molar-refractivity contribution in [2.24, 2.45) is 23.0 Å². The van der Waals surface area contributed by atoms with E-state index < -0.39 is 12.1 Å². The van der Waals surface area contributed by atoms with Crippen LogP contribution in [0.3, 0.4) is 0 Å². The monoisotopic (exact) mass is 488 g/mol. The number of anilines is 1. The molecule has 1 aliphatic rings. The number of rotatable bonds is 10. The molecule has 2 rings (SSSR count). The molecule has 7 nitrogen and oxygen atoms in total. The summed E-state index contributed by atoms with van der Waals surface area (Å²) in [5, 5.41) is 14.0. The third-order valence-electron chi connectivity index (χ3n) is 7.05. The summed E-state index contributed by atoms with van der Waals surface area (Å²) in [6.45, 7) is 18.3. The van der Waals surface area contributed by atoms with E-state index in [1.807, 2.05) is 36.9 Å². The van der Waals surface area contributed by atoms with Crippen molar-refractivity contribution in [3.05, 3.63) is 29.8 Å². The van der Waals surface area contributed by atoms with Crippen LogP contribution in [0.1, 0.15) is 67.4 Å². The third-order valence-corrected chi connectivity index (χ3v) is 7.05. The van der Waals surface area contributed by atoms with Crippen LogP contribution < -0.4 is 16.0 Å². The number of nitrogens with one attached hydrogen (secondary N) is 1. The van der Waals surface area contributed by atoms with E-state index in [0.29, 0.717) is 26.1 Å². The van der Waals surface area contributed by atoms with Crippen LogP contribution >= 0.6 is 0 Å². The molecule has 1 aromatic carbocycles. The first kappa shape index (κ1) is 29.3. The number of benzene rings is 1. The molecule has 1 heterocycles. The molecular formula is C28H48N4O3.